The lowest BCUT2D eigenvalue weighted by Gasteiger charge is -2.63. The molecule has 4 nitrogen and oxygen atoms in total. The van der Waals surface area contributed by atoms with Crippen LogP contribution in [0.4, 0.5) is 5.69 Å². The smallest absolute Gasteiger partial charge is 0.303 e. The zero-order valence-corrected chi connectivity index (χ0v) is 14.6. The van der Waals surface area contributed by atoms with Gasteiger partial charge in [-0.25, -0.2) is 0 Å². The highest BCUT2D eigenvalue weighted by Crippen LogP contribution is 2.44. The lowest BCUT2D eigenvalue weighted by molar-refractivity contribution is -1.21. The average molecular weight is 313 g/mol. The van der Waals surface area contributed by atoms with E-state index in [9.17, 15) is 4.79 Å². The van der Waals surface area contributed by atoms with Gasteiger partial charge in [-0.05, 0) is 39.3 Å². The molecule has 6 rings (SSSR count). The number of fused-ring (bicyclic) bond motifs is 1. The Morgan fingerprint density at radius 3 is 2.17 bits per heavy atom. The second-order valence-electron chi connectivity index (χ2n) is 9.35. The number of nitrogens with zero attached hydrogens (tertiary/aromatic N) is 1. The molecule has 0 unspecified atom stereocenters. The summed E-state index contributed by atoms with van der Waals surface area (Å²) in [6.45, 7) is 11.6. The molecular formula is C19H27N3O+2. The molecule has 0 aliphatic carbocycles. The minimum absolute atomic E-state index is 0.314. The average Bonchev–Trinajstić information content (AvgIpc) is 2.64. The Balaban J connectivity index is 1.75. The molecule has 0 atom stereocenters. The van der Waals surface area contributed by atoms with Crippen LogP contribution in [0.25, 0.3) is 0 Å². The number of likely N-dealkylation sites (N-methyl/N-ethyl adjacent to an activating group) is 1. The number of piperidine rings is 2. The molecule has 122 valence electrons. The normalized spacial score (nSPS) is 46.8. The molecule has 0 aromatic heterocycles. The van der Waals surface area contributed by atoms with E-state index in [0.29, 0.717) is 16.7 Å². The van der Waals surface area contributed by atoms with Crippen molar-refractivity contribution >= 4 is 11.6 Å². The molecule has 4 fully saturated rings. The molecular weight excluding hydrogens is 286 g/mol. The van der Waals surface area contributed by atoms with Crippen LogP contribution in [0.5, 0.6) is 0 Å². The van der Waals surface area contributed by atoms with E-state index >= 15 is 0 Å². The van der Waals surface area contributed by atoms with E-state index < -0.39 is 0 Å². The van der Waals surface area contributed by atoms with E-state index in [4.69, 9.17) is 0 Å². The number of carbonyl (C=O) groups is 1. The van der Waals surface area contributed by atoms with Gasteiger partial charge in [0, 0.05) is 7.05 Å². The first-order valence-corrected chi connectivity index (χ1v) is 8.87. The largest absolute Gasteiger partial charge is 0.353 e. The maximum Gasteiger partial charge on any atom is 0.353 e. The molecule has 5 aliphatic rings. The molecule has 5 aliphatic heterocycles. The highest BCUT2D eigenvalue weighted by atomic mass is 16.2. The van der Waals surface area contributed by atoms with Crippen LogP contribution < -0.4 is 14.7 Å². The van der Waals surface area contributed by atoms with Crippen molar-refractivity contribution in [2.75, 3.05) is 38.1 Å². The van der Waals surface area contributed by atoms with Gasteiger partial charge in [0.1, 0.15) is 5.56 Å². The first kappa shape index (κ1) is 14.0. The van der Waals surface area contributed by atoms with Gasteiger partial charge in [-0.1, -0.05) is 11.6 Å². The van der Waals surface area contributed by atoms with E-state index in [1.165, 1.54) is 27.3 Å². The van der Waals surface area contributed by atoms with Crippen molar-refractivity contribution in [2.24, 2.45) is 10.8 Å². The Morgan fingerprint density at radius 1 is 1.04 bits per heavy atom. The summed E-state index contributed by atoms with van der Waals surface area (Å²) >= 11 is 0. The van der Waals surface area contributed by atoms with E-state index in [2.05, 4.69) is 39.0 Å². The van der Waals surface area contributed by atoms with E-state index in [-0.39, 0.29) is 5.66 Å². The van der Waals surface area contributed by atoms with Crippen molar-refractivity contribution in [2.45, 2.75) is 32.9 Å². The maximum absolute atomic E-state index is 13.5. The zero-order valence-electron chi connectivity index (χ0n) is 14.6. The summed E-state index contributed by atoms with van der Waals surface area (Å²) in [5.41, 5.74) is 4.08. The lowest BCUT2D eigenvalue weighted by atomic mass is 9.61. The lowest BCUT2D eigenvalue weighted by Crippen LogP contribution is -3.48. The first-order valence-electron chi connectivity index (χ1n) is 8.87. The minimum Gasteiger partial charge on any atom is -0.303 e. The molecule has 4 heteroatoms. The molecule has 1 aromatic carbocycles. The number of nitrogens with one attached hydrogen (secondary N) is 2. The monoisotopic (exact) mass is 313 g/mol. The number of hydrogen-bond acceptors (Lipinski definition) is 1. The summed E-state index contributed by atoms with van der Waals surface area (Å²) in [7, 11) is 1.96. The van der Waals surface area contributed by atoms with E-state index in [1.54, 1.807) is 0 Å². The van der Waals surface area contributed by atoms with Crippen LogP contribution in [0.2, 0.25) is 0 Å². The highest BCUT2D eigenvalue weighted by molar-refractivity contribution is 6.05. The molecule has 1 aromatic rings. The summed E-state index contributed by atoms with van der Waals surface area (Å²) < 4.78 is 0. The Labute approximate surface area is 138 Å². The Hall–Kier alpha value is -1.39. The number of rotatable bonds is 0. The van der Waals surface area contributed by atoms with E-state index in [0.717, 1.165) is 31.9 Å². The number of benzene rings is 1. The first-order chi connectivity index (χ1) is 10.8. The third kappa shape index (κ3) is 1.47. The Bertz CT molecular complexity index is 704. The second kappa shape index (κ2) is 3.81. The fourth-order valence-corrected chi connectivity index (χ4v) is 6.77. The number of carbonyl (C=O) groups excluding carboxylic acids is 1. The number of anilines is 1. The Kier molecular flexibility index (Phi) is 2.32. The van der Waals surface area contributed by atoms with Crippen molar-refractivity contribution in [1.29, 1.82) is 0 Å². The highest BCUT2D eigenvalue weighted by Gasteiger charge is 2.76. The third-order valence-electron chi connectivity index (χ3n) is 7.02. The van der Waals surface area contributed by atoms with E-state index in [1.807, 2.05) is 11.9 Å². The topological polar surface area (TPSA) is 29.2 Å². The predicted molar refractivity (Wildman–Crippen MR) is 88.5 cm³/mol. The third-order valence-corrected chi connectivity index (χ3v) is 7.02. The molecule has 0 radical (unpaired) electrons. The predicted octanol–water partition coefficient (Wildman–Crippen LogP) is -0.662. The minimum atomic E-state index is -0.379. The van der Waals surface area contributed by atoms with Gasteiger partial charge in [0.2, 0.25) is 0 Å². The van der Waals surface area contributed by atoms with Crippen molar-refractivity contribution in [3.05, 3.63) is 29.3 Å². The molecule has 1 amide bonds. The molecule has 4 saturated heterocycles. The summed E-state index contributed by atoms with van der Waals surface area (Å²) in [5, 5.41) is 0. The number of aryl methyl sites for hydroxylation is 1. The van der Waals surface area contributed by atoms with Gasteiger partial charge in [0.05, 0.1) is 42.7 Å². The van der Waals surface area contributed by atoms with Crippen LogP contribution in [0, 0.1) is 17.8 Å². The molecule has 1 spiro atoms. The number of amides is 1. The van der Waals surface area contributed by atoms with Crippen LogP contribution in [0.15, 0.2) is 18.2 Å². The Morgan fingerprint density at radius 2 is 1.61 bits per heavy atom. The van der Waals surface area contributed by atoms with Crippen molar-refractivity contribution in [3.8, 4) is 0 Å². The van der Waals surface area contributed by atoms with Crippen molar-refractivity contribution in [3.63, 3.8) is 0 Å². The number of quaternary nitrogens is 2. The van der Waals surface area contributed by atoms with Crippen molar-refractivity contribution < 1.29 is 14.6 Å². The quantitative estimate of drug-likeness (QED) is 0.654. The van der Waals surface area contributed by atoms with Crippen LogP contribution >= 0.6 is 0 Å². The van der Waals surface area contributed by atoms with Crippen LogP contribution in [-0.2, 0) is 10.5 Å². The SMILES string of the molecule is Cc1ccc2c(c1)C1(C(=O)N2C)[NH+]2CC3(C)C[NH+]1CC(C)(C2)C3. The standard InChI is InChI=1S/C19H25N3O/c1-13-5-6-15-14(7-13)19(16(23)20(15)4)21-9-17(2)8-18(3,11-21)12-22(19)10-17/h5-7H,8-12H2,1-4H3/p+2. The van der Waals surface area contributed by atoms with Crippen LogP contribution in [0.3, 0.4) is 0 Å². The molecule has 4 bridgehead atoms. The number of hydrogen-bond donors (Lipinski definition) is 2. The maximum atomic E-state index is 13.5. The molecule has 0 saturated carbocycles. The van der Waals surface area contributed by atoms with Gasteiger partial charge in [-0.15, -0.1) is 0 Å². The summed E-state index contributed by atoms with van der Waals surface area (Å²) in [6, 6.07) is 6.56. The van der Waals surface area contributed by atoms with Crippen molar-refractivity contribution in [1.82, 2.24) is 0 Å². The van der Waals surface area contributed by atoms with Crippen LogP contribution in [-0.4, -0.2) is 39.1 Å². The summed E-state index contributed by atoms with van der Waals surface area (Å²) in [6.07, 6.45) is 1.33. The summed E-state index contributed by atoms with van der Waals surface area (Å²) in [4.78, 5) is 18.4. The molecule has 2 N–H and O–H groups in total. The van der Waals surface area contributed by atoms with Gasteiger partial charge in [-0.3, -0.25) is 14.6 Å². The van der Waals surface area contributed by atoms with Gasteiger partial charge in [0.15, 0.2) is 0 Å². The van der Waals surface area contributed by atoms with Gasteiger partial charge < -0.3 is 4.90 Å². The second-order valence-corrected chi connectivity index (χ2v) is 9.35. The fourth-order valence-electron chi connectivity index (χ4n) is 6.77. The van der Waals surface area contributed by atoms with Gasteiger partial charge in [0.25, 0.3) is 0 Å². The zero-order chi connectivity index (χ0) is 16.2. The van der Waals surface area contributed by atoms with Gasteiger partial charge in [-0.2, -0.15) is 0 Å². The van der Waals surface area contributed by atoms with Crippen LogP contribution in [0.1, 0.15) is 31.4 Å². The summed E-state index contributed by atoms with van der Waals surface area (Å²) in [5.74, 6) is 0.314. The van der Waals surface area contributed by atoms with Gasteiger partial charge >= 0.3 is 11.6 Å². The molecule has 23 heavy (non-hydrogen) atoms. The molecule has 5 heterocycles. The fraction of sp³-hybridized carbons (Fsp3) is 0.632.